The Hall–Kier alpha value is -3.00. The summed E-state index contributed by atoms with van der Waals surface area (Å²) in [7, 11) is -0.802. The number of hydrogen-bond donors (Lipinski definition) is 1. The molecule has 0 bridgehead atoms. The number of methoxy groups -OCH3 is 1. The van der Waals surface area contributed by atoms with Crippen molar-refractivity contribution in [2.24, 2.45) is 0 Å². The fourth-order valence-electron chi connectivity index (χ4n) is 3.24. The standard InChI is InChI=1S/C21H24N2O5S/c1-5-8-17-16-13-14(22-21(24)23(3)29(25,26)6-2)11-12-15(16)20-18(27-4)9-7-10-19(20)28-17/h5,7,9-13,17H,1,6,8H2,2-4H3,(H,22,24). The summed E-state index contributed by atoms with van der Waals surface area (Å²) < 4.78 is 36.2. The number of rotatable bonds is 6. The molecule has 3 rings (SSSR count). The second-order valence-corrected chi connectivity index (χ2v) is 8.85. The van der Waals surface area contributed by atoms with Crippen LogP contribution in [0.3, 0.4) is 0 Å². The maximum absolute atomic E-state index is 12.4. The molecule has 1 heterocycles. The zero-order valence-corrected chi connectivity index (χ0v) is 17.5. The molecule has 1 N–H and O–H groups in total. The first-order valence-corrected chi connectivity index (χ1v) is 10.8. The highest BCUT2D eigenvalue weighted by Crippen LogP contribution is 2.48. The Morgan fingerprint density at radius 3 is 2.76 bits per heavy atom. The number of benzene rings is 2. The first-order valence-electron chi connectivity index (χ1n) is 9.18. The molecule has 154 valence electrons. The summed E-state index contributed by atoms with van der Waals surface area (Å²) in [6.45, 7) is 5.29. The van der Waals surface area contributed by atoms with E-state index in [9.17, 15) is 13.2 Å². The van der Waals surface area contributed by atoms with Gasteiger partial charge in [0, 0.05) is 24.7 Å². The van der Waals surface area contributed by atoms with E-state index in [4.69, 9.17) is 9.47 Å². The van der Waals surface area contributed by atoms with Crippen molar-refractivity contribution < 1.29 is 22.7 Å². The Morgan fingerprint density at radius 1 is 1.34 bits per heavy atom. The van der Waals surface area contributed by atoms with E-state index in [0.717, 1.165) is 16.7 Å². The first-order chi connectivity index (χ1) is 13.8. The molecule has 1 atom stereocenters. The van der Waals surface area contributed by atoms with Crippen LogP contribution in [0.15, 0.2) is 49.1 Å². The molecule has 0 fully saturated rings. The van der Waals surface area contributed by atoms with Crippen LogP contribution in [0.2, 0.25) is 0 Å². The van der Waals surface area contributed by atoms with Crippen molar-refractivity contribution >= 4 is 21.7 Å². The van der Waals surface area contributed by atoms with Gasteiger partial charge in [0.2, 0.25) is 10.0 Å². The Balaban J connectivity index is 2.01. The predicted octanol–water partition coefficient (Wildman–Crippen LogP) is 4.19. The molecule has 2 aromatic rings. The van der Waals surface area contributed by atoms with Crippen molar-refractivity contribution in [3.8, 4) is 22.6 Å². The van der Waals surface area contributed by atoms with Crippen LogP contribution in [-0.2, 0) is 10.0 Å². The minimum Gasteiger partial charge on any atom is -0.496 e. The third kappa shape index (κ3) is 3.93. The Kier molecular flexibility index (Phi) is 5.83. The van der Waals surface area contributed by atoms with Crippen molar-refractivity contribution in [1.82, 2.24) is 4.31 Å². The molecule has 1 aliphatic heterocycles. The maximum atomic E-state index is 12.4. The second kappa shape index (κ2) is 8.16. The van der Waals surface area contributed by atoms with E-state index in [1.165, 1.54) is 14.0 Å². The van der Waals surface area contributed by atoms with Gasteiger partial charge in [-0.1, -0.05) is 18.2 Å². The lowest BCUT2D eigenvalue weighted by Gasteiger charge is -2.30. The number of urea groups is 1. The molecule has 0 aliphatic carbocycles. The minimum absolute atomic E-state index is 0.160. The maximum Gasteiger partial charge on any atom is 0.335 e. The summed E-state index contributed by atoms with van der Waals surface area (Å²) in [6, 6.07) is 10.3. The molecular weight excluding hydrogens is 392 g/mol. The number of sulfonamides is 1. The highest BCUT2D eigenvalue weighted by Gasteiger charge is 2.29. The van der Waals surface area contributed by atoms with Gasteiger partial charge in [0.1, 0.15) is 17.6 Å². The van der Waals surface area contributed by atoms with Crippen LogP contribution < -0.4 is 14.8 Å². The number of anilines is 1. The molecule has 7 nitrogen and oxygen atoms in total. The molecular formula is C21H24N2O5S. The monoisotopic (exact) mass is 416 g/mol. The van der Waals surface area contributed by atoms with Crippen LogP contribution in [0.25, 0.3) is 11.1 Å². The fourth-order valence-corrected chi connectivity index (χ4v) is 3.93. The minimum atomic E-state index is -3.64. The summed E-state index contributed by atoms with van der Waals surface area (Å²) in [5.74, 6) is 1.24. The predicted molar refractivity (Wildman–Crippen MR) is 113 cm³/mol. The number of hydrogen-bond acceptors (Lipinski definition) is 5. The van der Waals surface area contributed by atoms with Crippen molar-refractivity contribution in [3.05, 3.63) is 54.6 Å². The summed E-state index contributed by atoms with van der Waals surface area (Å²) in [5.41, 5.74) is 3.11. The number of fused-ring (bicyclic) bond motifs is 3. The molecule has 8 heteroatoms. The summed E-state index contributed by atoms with van der Waals surface area (Å²) in [4.78, 5) is 12.4. The van der Waals surface area contributed by atoms with E-state index in [0.29, 0.717) is 27.9 Å². The summed E-state index contributed by atoms with van der Waals surface area (Å²) >= 11 is 0. The van der Waals surface area contributed by atoms with E-state index in [2.05, 4.69) is 11.9 Å². The van der Waals surface area contributed by atoms with Gasteiger partial charge >= 0.3 is 6.03 Å². The van der Waals surface area contributed by atoms with Crippen molar-refractivity contribution in [1.29, 1.82) is 0 Å². The molecule has 1 unspecified atom stereocenters. The molecule has 2 aromatic carbocycles. The zero-order valence-electron chi connectivity index (χ0n) is 16.6. The van der Waals surface area contributed by atoms with Gasteiger partial charge in [-0.15, -0.1) is 6.58 Å². The molecule has 0 saturated carbocycles. The fraction of sp³-hybridized carbons (Fsp3) is 0.286. The number of carbonyl (C=O) groups excluding carboxylic acids is 1. The van der Waals surface area contributed by atoms with Gasteiger partial charge in [-0.25, -0.2) is 17.5 Å². The van der Waals surface area contributed by atoms with Crippen molar-refractivity contribution in [2.45, 2.75) is 19.4 Å². The molecule has 0 aromatic heterocycles. The average molecular weight is 416 g/mol. The number of carbonyl (C=O) groups is 1. The van der Waals surface area contributed by atoms with Crippen molar-refractivity contribution in [3.63, 3.8) is 0 Å². The van der Waals surface area contributed by atoms with E-state index < -0.39 is 16.1 Å². The number of amides is 2. The Bertz CT molecular complexity index is 1050. The van der Waals surface area contributed by atoms with Crippen LogP contribution in [0.4, 0.5) is 10.5 Å². The Labute approximate surface area is 171 Å². The van der Waals surface area contributed by atoms with Gasteiger partial charge < -0.3 is 14.8 Å². The third-order valence-electron chi connectivity index (χ3n) is 4.84. The molecule has 0 saturated heterocycles. The van der Waals surface area contributed by atoms with Crippen LogP contribution >= 0.6 is 0 Å². The largest absolute Gasteiger partial charge is 0.496 e. The van der Waals surface area contributed by atoms with Crippen molar-refractivity contribution in [2.75, 3.05) is 25.2 Å². The summed E-state index contributed by atoms with van der Waals surface area (Å²) in [5, 5.41) is 2.64. The molecule has 0 radical (unpaired) electrons. The normalized spacial score (nSPS) is 14.8. The van der Waals surface area contributed by atoms with Crippen LogP contribution in [0.1, 0.15) is 25.0 Å². The molecule has 29 heavy (non-hydrogen) atoms. The lowest BCUT2D eigenvalue weighted by Crippen LogP contribution is -2.37. The van der Waals surface area contributed by atoms with E-state index in [1.807, 2.05) is 24.3 Å². The Morgan fingerprint density at radius 2 is 2.10 bits per heavy atom. The van der Waals surface area contributed by atoms with Gasteiger partial charge in [0.15, 0.2) is 0 Å². The number of ether oxygens (including phenoxy) is 2. The lowest BCUT2D eigenvalue weighted by molar-refractivity contribution is 0.205. The van der Waals surface area contributed by atoms with E-state index in [-0.39, 0.29) is 11.9 Å². The van der Waals surface area contributed by atoms with Gasteiger partial charge in [0.25, 0.3) is 0 Å². The number of nitrogens with one attached hydrogen (secondary N) is 1. The second-order valence-electron chi connectivity index (χ2n) is 6.56. The molecule has 0 spiro atoms. The lowest BCUT2D eigenvalue weighted by atomic mass is 9.90. The van der Waals surface area contributed by atoms with Gasteiger partial charge in [-0.3, -0.25) is 0 Å². The molecule has 2 amide bonds. The van der Waals surface area contributed by atoms with E-state index in [1.54, 1.807) is 25.3 Å². The average Bonchev–Trinajstić information content (AvgIpc) is 2.72. The summed E-state index contributed by atoms with van der Waals surface area (Å²) in [6.07, 6.45) is 2.06. The first kappa shape index (κ1) is 20.7. The van der Waals surface area contributed by atoms with Crippen LogP contribution in [-0.4, -0.2) is 38.7 Å². The van der Waals surface area contributed by atoms with Crippen LogP contribution in [0, 0.1) is 0 Å². The topological polar surface area (TPSA) is 84.9 Å². The number of nitrogens with zero attached hydrogens (tertiary/aromatic N) is 1. The van der Waals surface area contributed by atoms with Gasteiger partial charge in [0.05, 0.1) is 18.4 Å². The third-order valence-corrected chi connectivity index (χ3v) is 6.57. The highest BCUT2D eigenvalue weighted by atomic mass is 32.2. The molecule has 1 aliphatic rings. The van der Waals surface area contributed by atoms with E-state index >= 15 is 0 Å². The smallest absolute Gasteiger partial charge is 0.335 e. The van der Waals surface area contributed by atoms with Gasteiger partial charge in [-0.05, 0) is 36.8 Å². The SMILES string of the molecule is C=CCC1Oc2cccc(OC)c2-c2ccc(NC(=O)N(C)S(=O)(=O)CC)cc21. The van der Waals surface area contributed by atoms with Crippen LogP contribution in [0.5, 0.6) is 11.5 Å². The highest BCUT2D eigenvalue weighted by molar-refractivity contribution is 7.89. The van der Waals surface area contributed by atoms with Gasteiger partial charge in [-0.2, -0.15) is 0 Å². The quantitative estimate of drug-likeness (QED) is 0.714. The zero-order chi connectivity index (χ0) is 21.2.